The van der Waals surface area contributed by atoms with Gasteiger partial charge in [0.25, 0.3) is 0 Å². The first-order chi connectivity index (χ1) is 15.3. The fourth-order valence-corrected chi connectivity index (χ4v) is 4.17. The monoisotopic (exact) mass is 443 g/mol. The Morgan fingerprint density at radius 1 is 1.12 bits per heavy atom. The highest BCUT2D eigenvalue weighted by Crippen LogP contribution is 2.47. The maximum absolute atomic E-state index is 13.0. The van der Waals surface area contributed by atoms with E-state index in [1.165, 1.54) is 29.2 Å². The molecule has 0 radical (unpaired) electrons. The van der Waals surface area contributed by atoms with E-state index in [0.29, 0.717) is 23.5 Å². The molecule has 2 heterocycles. The van der Waals surface area contributed by atoms with Gasteiger partial charge in [-0.25, -0.2) is 9.18 Å². The van der Waals surface area contributed by atoms with Gasteiger partial charge in [0.1, 0.15) is 23.8 Å². The summed E-state index contributed by atoms with van der Waals surface area (Å²) in [5.74, 6) is 0.174. The van der Waals surface area contributed by atoms with Crippen LogP contribution in [0.15, 0.2) is 42.5 Å². The van der Waals surface area contributed by atoms with Crippen LogP contribution in [0.1, 0.15) is 24.3 Å². The number of amides is 3. The zero-order valence-electron chi connectivity index (χ0n) is 17.9. The molecule has 2 aliphatic heterocycles. The van der Waals surface area contributed by atoms with E-state index in [1.54, 1.807) is 26.2 Å². The molecule has 0 bridgehead atoms. The van der Waals surface area contributed by atoms with E-state index in [2.05, 4.69) is 10.6 Å². The molecule has 170 valence electrons. The summed E-state index contributed by atoms with van der Waals surface area (Å²) in [5.41, 5.74) is 1.94. The minimum Gasteiger partial charge on any atom is -0.487 e. The Morgan fingerprint density at radius 3 is 2.50 bits per heavy atom. The number of benzene rings is 2. The quantitative estimate of drug-likeness (QED) is 0.660. The summed E-state index contributed by atoms with van der Waals surface area (Å²) in [4.78, 5) is 26.0. The number of carbonyl (C=O) groups is 2. The largest absolute Gasteiger partial charge is 0.487 e. The lowest BCUT2D eigenvalue weighted by molar-refractivity contribution is -0.147. The smallest absolute Gasteiger partial charge is 0.323 e. The van der Waals surface area contributed by atoms with E-state index >= 15 is 0 Å². The van der Waals surface area contributed by atoms with E-state index in [-0.39, 0.29) is 42.9 Å². The molecule has 1 saturated heterocycles. The molecule has 2 aliphatic rings. The van der Waals surface area contributed by atoms with Gasteiger partial charge < -0.3 is 30.1 Å². The Balaban J connectivity index is 1.48. The fraction of sp³-hybridized carbons (Fsp3) is 0.391. The molecule has 0 aliphatic carbocycles. The molecule has 32 heavy (non-hydrogen) atoms. The highest BCUT2D eigenvalue weighted by molar-refractivity contribution is 5.99. The van der Waals surface area contributed by atoms with Crippen molar-refractivity contribution in [3.8, 4) is 5.75 Å². The summed E-state index contributed by atoms with van der Waals surface area (Å²) in [5, 5.41) is 15.2. The molecular weight excluding hydrogens is 417 g/mol. The third-order valence-electron chi connectivity index (χ3n) is 5.76. The summed E-state index contributed by atoms with van der Waals surface area (Å²) in [6.07, 6.45) is -0.446. The number of ether oxygens (including phenoxy) is 2. The lowest BCUT2D eigenvalue weighted by Gasteiger charge is -2.37. The van der Waals surface area contributed by atoms with Crippen molar-refractivity contribution in [3.05, 3.63) is 53.8 Å². The number of nitrogens with zero attached hydrogens (tertiary/aromatic N) is 1. The number of halogens is 1. The van der Waals surface area contributed by atoms with E-state index in [4.69, 9.17) is 9.47 Å². The maximum Gasteiger partial charge on any atom is 0.323 e. The SMILES string of the molecule is CN(C)C(=O)C[C@@H]1C[C@H]2c3cc(NC(=O)Nc4ccc(F)cc4)ccc3O[C@H]2[C@H](CO)O1. The van der Waals surface area contributed by atoms with E-state index in [9.17, 15) is 19.1 Å². The third kappa shape index (κ3) is 4.68. The Hall–Kier alpha value is -3.17. The lowest BCUT2D eigenvalue weighted by atomic mass is 9.84. The van der Waals surface area contributed by atoms with Gasteiger partial charge >= 0.3 is 6.03 Å². The van der Waals surface area contributed by atoms with Gasteiger partial charge in [0.05, 0.1) is 19.1 Å². The van der Waals surface area contributed by atoms with Gasteiger partial charge in [-0.1, -0.05) is 0 Å². The van der Waals surface area contributed by atoms with Gasteiger partial charge in [-0.3, -0.25) is 4.79 Å². The first-order valence-corrected chi connectivity index (χ1v) is 10.4. The molecule has 0 aromatic heterocycles. The van der Waals surface area contributed by atoms with Crippen LogP contribution in [-0.2, 0) is 9.53 Å². The number of fused-ring (bicyclic) bond motifs is 3. The Bertz CT molecular complexity index is 998. The zero-order chi connectivity index (χ0) is 22.8. The Kier molecular flexibility index (Phi) is 6.29. The summed E-state index contributed by atoms with van der Waals surface area (Å²) >= 11 is 0. The second kappa shape index (κ2) is 9.13. The summed E-state index contributed by atoms with van der Waals surface area (Å²) in [6.45, 7) is -0.215. The van der Waals surface area contributed by atoms with Crippen molar-refractivity contribution in [3.63, 3.8) is 0 Å². The van der Waals surface area contributed by atoms with Crippen molar-refractivity contribution < 1.29 is 28.6 Å². The van der Waals surface area contributed by atoms with Gasteiger partial charge in [-0.2, -0.15) is 0 Å². The van der Waals surface area contributed by atoms with Gasteiger partial charge in [-0.15, -0.1) is 0 Å². The molecule has 8 nitrogen and oxygen atoms in total. The van der Waals surface area contributed by atoms with Crippen molar-refractivity contribution in [2.24, 2.45) is 0 Å². The normalized spacial score (nSPS) is 23.5. The molecule has 9 heteroatoms. The molecule has 2 aromatic carbocycles. The standard InChI is InChI=1S/C23H26FN3O5/c1-27(2)21(29)11-16-10-18-17-9-15(7-8-19(17)32-22(18)20(12-28)31-16)26-23(30)25-14-5-3-13(24)4-6-14/h3-9,16,18,20,22,28H,10-12H2,1-2H3,(H2,25,26,30)/t16-,18-,20-,22+/m0/s1. The van der Waals surface area contributed by atoms with Gasteiger partial charge in [0.15, 0.2) is 0 Å². The summed E-state index contributed by atoms with van der Waals surface area (Å²) < 4.78 is 25.0. The molecule has 3 N–H and O–H groups in total. The summed E-state index contributed by atoms with van der Waals surface area (Å²) in [6, 6.07) is 10.4. The zero-order valence-corrected chi connectivity index (χ0v) is 17.9. The predicted octanol–water partition coefficient (Wildman–Crippen LogP) is 2.94. The minimum atomic E-state index is -0.542. The highest BCUT2D eigenvalue weighted by atomic mass is 19.1. The second-order valence-corrected chi connectivity index (χ2v) is 8.23. The topological polar surface area (TPSA) is 100 Å². The number of hydrogen-bond acceptors (Lipinski definition) is 5. The van der Waals surface area contributed by atoms with Crippen molar-refractivity contribution in [2.45, 2.75) is 37.1 Å². The van der Waals surface area contributed by atoms with Crippen LogP contribution in [-0.4, -0.2) is 61.0 Å². The van der Waals surface area contributed by atoms with Crippen LogP contribution in [0.3, 0.4) is 0 Å². The highest BCUT2D eigenvalue weighted by Gasteiger charge is 2.46. The fourth-order valence-electron chi connectivity index (χ4n) is 4.17. The van der Waals surface area contributed by atoms with E-state index in [0.717, 1.165) is 5.56 Å². The van der Waals surface area contributed by atoms with Gasteiger partial charge in [-0.05, 0) is 48.9 Å². The number of aliphatic hydroxyl groups excluding tert-OH is 1. The second-order valence-electron chi connectivity index (χ2n) is 8.23. The molecule has 1 fully saturated rings. The number of urea groups is 1. The number of nitrogens with one attached hydrogen (secondary N) is 2. The molecule has 0 unspecified atom stereocenters. The van der Waals surface area contributed by atoms with Crippen molar-refractivity contribution in [1.29, 1.82) is 0 Å². The number of rotatable bonds is 5. The average molecular weight is 443 g/mol. The number of anilines is 2. The predicted molar refractivity (Wildman–Crippen MR) is 116 cm³/mol. The first kappa shape index (κ1) is 22.0. The van der Waals surface area contributed by atoms with Crippen LogP contribution >= 0.6 is 0 Å². The first-order valence-electron chi connectivity index (χ1n) is 10.4. The number of carbonyl (C=O) groups excluding carboxylic acids is 2. The van der Waals surface area contributed by atoms with Crippen LogP contribution in [0.2, 0.25) is 0 Å². The molecule has 4 atom stereocenters. The van der Waals surface area contributed by atoms with Crippen LogP contribution in [0.5, 0.6) is 5.75 Å². The molecule has 0 spiro atoms. The maximum atomic E-state index is 13.0. The minimum absolute atomic E-state index is 0.0443. The van der Waals surface area contributed by atoms with Gasteiger partial charge in [0.2, 0.25) is 5.91 Å². The molecule has 0 saturated carbocycles. The Labute approximate surface area is 185 Å². The van der Waals surface area contributed by atoms with Crippen LogP contribution in [0, 0.1) is 5.82 Å². The molecule has 3 amide bonds. The van der Waals surface area contributed by atoms with E-state index < -0.39 is 12.1 Å². The number of aliphatic hydroxyl groups is 1. The van der Waals surface area contributed by atoms with E-state index in [1.807, 2.05) is 6.07 Å². The van der Waals surface area contributed by atoms with Crippen molar-refractivity contribution in [2.75, 3.05) is 31.3 Å². The van der Waals surface area contributed by atoms with Crippen molar-refractivity contribution in [1.82, 2.24) is 4.90 Å². The van der Waals surface area contributed by atoms with Crippen LogP contribution in [0.4, 0.5) is 20.6 Å². The average Bonchev–Trinajstić information content (AvgIpc) is 3.12. The molecule has 4 rings (SSSR count). The van der Waals surface area contributed by atoms with Gasteiger partial charge in [0, 0.05) is 37.0 Å². The summed E-state index contributed by atoms with van der Waals surface area (Å²) in [7, 11) is 3.39. The lowest BCUT2D eigenvalue weighted by Crippen LogP contribution is -2.47. The molecule has 2 aromatic rings. The van der Waals surface area contributed by atoms with Crippen molar-refractivity contribution >= 4 is 23.3 Å². The Morgan fingerprint density at radius 2 is 1.81 bits per heavy atom. The van der Waals surface area contributed by atoms with Crippen LogP contribution in [0.25, 0.3) is 0 Å². The third-order valence-corrected chi connectivity index (χ3v) is 5.76. The number of hydrogen-bond donors (Lipinski definition) is 3. The molecular formula is C23H26FN3O5. The van der Waals surface area contributed by atoms with Crippen LogP contribution < -0.4 is 15.4 Å².